The van der Waals surface area contributed by atoms with Gasteiger partial charge >= 0.3 is 0 Å². The quantitative estimate of drug-likeness (QED) is 0.569. The van der Waals surface area contributed by atoms with Crippen molar-refractivity contribution >= 4 is 11.7 Å². The molecule has 7 heteroatoms. The van der Waals surface area contributed by atoms with E-state index in [-0.39, 0.29) is 17.2 Å². The standard InChI is InChI=1S/C19H21N5O2/c1-14-8-9-17(22-13-14)20-10-5-11-21-19(26)16-12-18(25)24(23-16)15-6-3-2-4-7-15/h2-4,6-9,12-13,23H,5,10-11H2,1H3,(H,20,22)(H,21,26). The highest BCUT2D eigenvalue weighted by Crippen LogP contribution is 2.04. The third kappa shape index (κ3) is 4.38. The molecular formula is C19H21N5O2. The predicted molar refractivity (Wildman–Crippen MR) is 101 cm³/mol. The maximum absolute atomic E-state index is 12.2. The number of hydrogen-bond donors (Lipinski definition) is 3. The molecule has 0 aliphatic heterocycles. The molecule has 0 atom stereocenters. The maximum Gasteiger partial charge on any atom is 0.271 e. The number of aryl methyl sites for hydroxylation is 1. The van der Waals surface area contributed by atoms with Gasteiger partial charge in [0.25, 0.3) is 11.5 Å². The lowest BCUT2D eigenvalue weighted by Gasteiger charge is -2.07. The van der Waals surface area contributed by atoms with Gasteiger partial charge in [0.1, 0.15) is 11.5 Å². The van der Waals surface area contributed by atoms with Gasteiger partial charge in [0.15, 0.2) is 0 Å². The molecule has 3 aromatic rings. The van der Waals surface area contributed by atoms with Crippen molar-refractivity contribution in [1.29, 1.82) is 0 Å². The highest BCUT2D eigenvalue weighted by Gasteiger charge is 2.11. The molecule has 0 saturated heterocycles. The minimum Gasteiger partial charge on any atom is -0.370 e. The van der Waals surface area contributed by atoms with Gasteiger partial charge in [0.05, 0.1) is 5.69 Å². The Balaban J connectivity index is 1.48. The minimum atomic E-state index is -0.301. The van der Waals surface area contributed by atoms with E-state index >= 15 is 0 Å². The average molecular weight is 351 g/mol. The molecule has 3 N–H and O–H groups in total. The van der Waals surface area contributed by atoms with Gasteiger partial charge < -0.3 is 10.6 Å². The summed E-state index contributed by atoms with van der Waals surface area (Å²) in [4.78, 5) is 28.5. The first kappa shape index (κ1) is 17.5. The molecule has 0 spiro atoms. The number of benzene rings is 1. The van der Waals surface area contributed by atoms with Crippen LogP contribution in [-0.2, 0) is 0 Å². The van der Waals surface area contributed by atoms with Gasteiger partial charge in [0, 0.05) is 25.4 Å². The van der Waals surface area contributed by atoms with E-state index in [1.807, 2.05) is 37.3 Å². The van der Waals surface area contributed by atoms with Gasteiger partial charge in [-0.15, -0.1) is 0 Å². The molecule has 7 nitrogen and oxygen atoms in total. The van der Waals surface area contributed by atoms with Crippen molar-refractivity contribution in [2.45, 2.75) is 13.3 Å². The molecule has 1 aromatic carbocycles. The number of H-pyrrole nitrogens is 1. The highest BCUT2D eigenvalue weighted by molar-refractivity contribution is 5.92. The SMILES string of the molecule is Cc1ccc(NCCCNC(=O)c2cc(=O)n(-c3ccccc3)[nH]2)nc1. The zero-order valence-electron chi connectivity index (χ0n) is 14.5. The van der Waals surface area contributed by atoms with Crippen LogP contribution in [0.1, 0.15) is 22.5 Å². The van der Waals surface area contributed by atoms with E-state index < -0.39 is 0 Å². The van der Waals surface area contributed by atoms with Crippen LogP contribution in [0.15, 0.2) is 59.5 Å². The Hall–Kier alpha value is -3.35. The fraction of sp³-hybridized carbons (Fsp3) is 0.211. The summed E-state index contributed by atoms with van der Waals surface area (Å²) in [6.07, 6.45) is 2.54. The fourth-order valence-corrected chi connectivity index (χ4v) is 2.46. The molecule has 134 valence electrons. The molecular weight excluding hydrogens is 330 g/mol. The molecule has 0 aliphatic rings. The van der Waals surface area contributed by atoms with Gasteiger partial charge in [-0.25, -0.2) is 9.67 Å². The molecule has 3 rings (SSSR count). The van der Waals surface area contributed by atoms with Crippen molar-refractivity contribution in [3.63, 3.8) is 0 Å². The van der Waals surface area contributed by atoms with Gasteiger partial charge in [-0.3, -0.25) is 14.7 Å². The Kier molecular flexibility index (Phi) is 5.48. The fourth-order valence-electron chi connectivity index (χ4n) is 2.46. The van der Waals surface area contributed by atoms with E-state index in [0.717, 1.165) is 17.8 Å². The van der Waals surface area contributed by atoms with Crippen LogP contribution in [-0.4, -0.2) is 33.8 Å². The molecule has 0 unspecified atom stereocenters. The van der Waals surface area contributed by atoms with Crippen LogP contribution in [0.25, 0.3) is 5.69 Å². The van der Waals surface area contributed by atoms with Crippen molar-refractivity contribution in [3.8, 4) is 5.69 Å². The normalized spacial score (nSPS) is 10.5. The van der Waals surface area contributed by atoms with E-state index in [0.29, 0.717) is 18.8 Å². The molecule has 0 bridgehead atoms. The summed E-state index contributed by atoms with van der Waals surface area (Å²) in [6, 6.07) is 14.3. The number of aromatic amines is 1. The Bertz CT molecular complexity index is 913. The largest absolute Gasteiger partial charge is 0.370 e. The van der Waals surface area contributed by atoms with E-state index in [4.69, 9.17) is 0 Å². The Morgan fingerprint density at radius 3 is 2.69 bits per heavy atom. The first-order chi connectivity index (χ1) is 12.6. The number of aromatic nitrogens is 3. The zero-order valence-corrected chi connectivity index (χ0v) is 14.5. The zero-order chi connectivity index (χ0) is 18.4. The second-order valence-electron chi connectivity index (χ2n) is 5.94. The summed E-state index contributed by atoms with van der Waals surface area (Å²) in [5.41, 5.74) is 1.77. The summed E-state index contributed by atoms with van der Waals surface area (Å²) >= 11 is 0. The number of nitrogens with one attached hydrogen (secondary N) is 3. The first-order valence-electron chi connectivity index (χ1n) is 8.46. The van der Waals surface area contributed by atoms with Crippen LogP contribution in [0.5, 0.6) is 0 Å². The second kappa shape index (κ2) is 8.15. The summed E-state index contributed by atoms with van der Waals surface area (Å²) in [5, 5.41) is 8.84. The number of pyridine rings is 1. The summed E-state index contributed by atoms with van der Waals surface area (Å²) in [5.74, 6) is 0.511. The van der Waals surface area contributed by atoms with Gasteiger partial charge in [-0.1, -0.05) is 24.3 Å². The topological polar surface area (TPSA) is 91.8 Å². The van der Waals surface area contributed by atoms with E-state index in [2.05, 4.69) is 20.7 Å². The predicted octanol–water partition coefficient (Wildman–Crippen LogP) is 2.10. The average Bonchev–Trinajstić information content (AvgIpc) is 3.05. The molecule has 1 amide bonds. The third-order valence-corrected chi connectivity index (χ3v) is 3.84. The number of hydrogen-bond acceptors (Lipinski definition) is 4. The van der Waals surface area contributed by atoms with Crippen molar-refractivity contribution in [2.75, 3.05) is 18.4 Å². The number of carbonyl (C=O) groups excluding carboxylic acids is 1. The van der Waals surface area contributed by atoms with Crippen LogP contribution >= 0.6 is 0 Å². The lowest BCUT2D eigenvalue weighted by molar-refractivity contribution is 0.0948. The van der Waals surface area contributed by atoms with E-state index in [1.54, 1.807) is 18.3 Å². The number of amides is 1. The summed E-state index contributed by atoms with van der Waals surface area (Å²) in [6.45, 7) is 3.18. The highest BCUT2D eigenvalue weighted by atomic mass is 16.2. The molecule has 2 heterocycles. The van der Waals surface area contributed by atoms with Crippen molar-refractivity contribution in [2.24, 2.45) is 0 Å². The summed E-state index contributed by atoms with van der Waals surface area (Å²) in [7, 11) is 0. The third-order valence-electron chi connectivity index (χ3n) is 3.84. The van der Waals surface area contributed by atoms with E-state index in [9.17, 15) is 9.59 Å². The number of para-hydroxylation sites is 1. The lowest BCUT2D eigenvalue weighted by Crippen LogP contribution is -2.26. The molecule has 0 fully saturated rings. The minimum absolute atomic E-state index is 0.243. The molecule has 2 aromatic heterocycles. The van der Waals surface area contributed by atoms with Crippen molar-refractivity contribution in [1.82, 2.24) is 20.1 Å². The number of nitrogens with zero attached hydrogens (tertiary/aromatic N) is 2. The molecule has 0 saturated carbocycles. The van der Waals surface area contributed by atoms with Gasteiger partial charge in [-0.2, -0.15) is 0 Å². The van der Waals surface area contributed by atoms with E-state index in [1.165, 1.54) is 10.7 Å². The molecule has 26 heavy (non-hydrogen) atoms. The monoisotopic (exact) mass is 351 g/mol. The van der Waals surface area contributed by atoms with Crippen LogP contribution in [0.4, 0.5) is 5.82 Å². The van der Waals surface area contributed by atoms with Gasteiger partial charge in [0.2, 0.25) is 0 Å². The number of anilines is 1. The number of carbonyl (C=O) groups is 1. The molecule has 0 radical (unpaired) electrons. The van der Waals surface area contributed by atoms with Crippen molar-refractivity contribution < 1.29 is 4.79 Å². The van der Waals surface area contributed by atoms with Crippen LogP contribution in [0.3, 0.4) is 0 Å². The molecule has 0 aliphatic carbocycles. The maximum atomic E-state index is 12.2. The van der Waals surface area contributed by atoms with Gasteiger partial charge in [-0.05, 0) is 37.1 Å². The Labute approximate surface area is 151 Å². The number of rotatable bonds is 7. The van der Waals surface area contributed by atoms with Crippen molar-refractivity contribution in [3.05, 3.63) is 76.3 Å². The van der Waals surface area contributed by atoms with Crippen LogP contribution in [0, 0.1) is 6.92 Å². The second-order valence-corrected chi connectivity index (χ2v) is 5.94. The van der Waals surface area contributed by atoms with Crippen LogP contribution < -0.4 is 16.2 Å². The first-order valence-corrected chi connectivity index (χ1v) is 8.46. The Morgan fingerprint density at radius 2 is 1.96 bits per heavy atom. The lowest BCUT2D eigenvalue weighted by atomic mass is 10.3. The summed E-state index contributed by atoms with van der Waals surface area (Å²) < 4.78 is 1.35. The van der Waals surface area contributed by atoms with Crippen LogP contribution in [0.2, 0.25) is 0 Å². The Morgan fingerprint density at radius 1 is 1.15 bits per heavy atom. The smallest absolute Gasteiger partial charge is 0.271 e.